The molecule has 0 N–H and O–H groups in total. The van der Waals surface area contributed by atoms with Crippen LogP contribution in [-0.4, -0.2) is 47.3 Å². The van der Waals surface area contributed by atoms with Gasteiger partial charge in [-0.2, -0.15) is 27.0 Å². The minimum atomic E-state index is 0. The Hall–Kier alpha value is -1.27. The molecule has 2 unspecified atom stereocenters. The predicted octanol–water partition coefficient (Wildman–Crippen LogP) is 4.22. The van der Waals surface area contributed by atoms with E-state index in [1.165, 1.54) is 25.1 Å². The van der Waals surface area contributed by atoms with Crippen molar-refractivity contribution < 1.29 is 4.79 Å². The van der Waals surface area contributed by atoms with Gasteiger partial charge in [-0.3, -0.25) is 14.6 Å². The number of hydrogen-bond acceptors (Lipinski definition) is 3. The Labute approximate surface area is 183 Å². The van der Waals surface area contributed by atoms with Crippen molar-refractivity contribution in [3.05, 3.63) is 71.8 Å². The zero-order valence-electron chi connectivity index (χ0n) is 16.4. The number of carbonyl (C=O) groups excluding carboxylic acids is 1. The normalized spacial score (nSPS) is 21.1. The highest BCUT2D eigenvalue weighted by Gasteiger charge is 2.42. The van der Waals surface area contributed by atoms with Crippen LogP contribution in [0.1, 0.15) is 41.6 Å². The molecule has 0 spiro atoms. The molecule has 2 heterocycles. The van der Waals surface area contributed by atoms with E-state index in [-0.39, 0.29) is 32.8 Å². The van der Waals surface area contributed by atoms with Gasteiger partial charge in [0.15, 0.2) is 5.78 Å². The van der Waals surface area contributed by atoms with Crippen molar-refractivity contribution >= 4 is 32.8 Å². The summed E-state index contributed by atoms with van der Waals surface area (Å²) >= 11 is 0. The van der Waals surface area contributed by atoms with Crippen LogP contribution in [0.15, 0.2) is 60.7 Å². The molecule has 2 aromatic rings. The number of hydrogen-bond donors (Lipinski definition) is 0. The van der Waals surface area contributed by atoms with E-state index in [4.69, 9.17) is 0 Å². The highest BCUT2D eigenvalue weighted by Crippen LogP contribution is 2.32. The third-order valence-electron chi connectivity index (χ3n) is 5.89. The van der Waals surface area contributed by atoms with Crippen LogP contribution < -0.4 is 0 Å². The zero-order chi connectivity index (χ0) is 17.8. The molecule has 5 heteroatoms. The maximum absolute atomic E-state index is 12.2. The second-order valence-electron chi connectivity index (χ2n) is 7.70. The number of nitrogens with zero attached hydrogens (tertiary/aromatic N) is 2. The van der Waals surface area contributed by atoms with Crippen LogP contribution in [0.25, 0.3) is 0 Å². The molecule has 3 nitrogen and oxygen atoms in total. The number of ketones is 1. The first kappa shape index (κ1) is 23.0. The molecule has 152 valence electrons. The quantitative estimate of drug-likeness (QED) is 0.475. The standard InChI is InChI=1S/C23H28N2O.2H2S/c26-23(20-11-5-2-6-12-20)13-7-8-14-24-17-22-15-21(24)18-25(22)16-19-9-3-1-4-10-19;;/h1-6,9-12,21-22H,7-8,13-18H2;2*1H2. The Morgan fingerprint density at radius 1 is 0.821 bits per heavy atom. The number of piperazine rings is 1. The minimum absolute atomic E-state index is 0. The Morgan fingerprint density at radius 3 is 2.07 bits per heavy atom. The molecule has 4 rings (SSSR count). The molecule has 2 aliphatic heterocycles. The summed E-state index contributed by atoms with van der Waals surface area (Å²) in [4.78, 5) is 17.5. The van der Waals surface area contributed by atoms with Crippen LogP contribution >= 0.6 is 27.0 Å². The van der Waals surface area contributed by atoms with Gasteiger partial charge in [-0.1, -0.05) is 60.7 Å². The largest absolute Gasteiger partial charge is 0.297 e. The van der Waals surface area contributed by atoms with E-state index in [9.17, 15) is 4.79 Å². The van der Waals surface area contributed by atoms with Crippen LogP contribution in [-0.2, 0) is 6.54 Å². The van der Waals surface area contributed by atoms with Gasteiger partial charge in [0, 0.05) is 43.7 Å². The van der Waals surface area contributed by atoms with Crippen molar-refractivity contribution in [1.29, 1.82) is 0 Å². The smallest absolute Gasteiger partial charge is 0.162 e. The van der Waals surface area contributed by atoms with Gasteiger partial charge in [-0.05, 0) is 31.4 Å². The van der Waals surface area contributed by atoms with E-state index < -0.39 is 0 Å². The highest BCUT2D eigenvalue weighted by atomic mass is 32.1. The molecule has 0 radical (unpaired) electrons. The molecule has 2 fully saturated rings. The molecule has 2 aliphatic rings. The van der Waals surface area contributed by atoms with Gasteiger partial charge in [0.25, 0.3) is 0 Å². The highest BCUT2D eigenvalue weighted by molar-refractivity contribution is 7.59. The fourth-order valence-corrected chi connectivity index (χ4v) is 4.49. The third kappa shape index (κ3) is 5.63. The first-order valence-corrected chi connectivity index (χ1v) is 9.90. The van der Waals surface area contributed by atoms with Crippen molar-refractivity contribution in [2.75, 3.05) is 19.6 Å². The summed E-state index contributed by atoms with van der Waals surface area (Å²) in [7, 11) is 0. The number of likely N-dealkylation sites (tertiary alicyclic amines) is 2. The monoisotopic (exact) mass is 416 g/mol. The van der Waals surface area contributed by atoms with Crippen molar-refractivity contribution in [1.82, 2.24) is 9.80 Å². The average Bonchev–Trinajstić information content (AvgIpc) is 3.26. The average molecular weight is 417 g/mol. The van der Waals surface area contributed by atoms with Crippen molar-refractivity contribution in [2.45, 2.75) is 44.3 Å². The first-order chi connectivity index (χ1) is 12.8. The van der Waals surface area contributed by atoms with Gasteiger partial charge < -0.3 is 0 Å². The molecule has 28 heavy (non-hydrogen) atoms. The Kier molecular flexibility index (Phi) is 9.09. The van der Waals surface area contributed by atoms with Crippen LogP contribution in [0.2, 0.25) is 0 Å². The molecular weight excluding hydrogens is 384 g/mol. The second-order valence-corrected chi connectivity index (χ2v) is 7.70. The lowest BCUT2D eigenvalue weighted by atomic mass is 10.1. The fourth-order valence-electron chi connectivity index (χ4n) is 4.49. The van der Waals surface area contributed by atoms with Crippen LogP contribution in [0.5, 0.6) is 0 Å². The summed E-state index contributed by atoms with van der Waals surface area (Å²) in [5, 5.41) is 0. The molecule has 0 saturated carbocycles. The van der Waals surface area contributed by atoms with E-state index >= 15 is 0 Å². The summed E-state index contributed by atoms with van der Waals surface area (Å²) in [6.07, 6.45) is 4.11. The first-order valence-electron chi connectivity index (χ1n) is 9.90. The number of benzene rings is 2. The maximum Gasteiger partial charge on any atom is 0.162 e. The molecule has 0 aromatic heterocycles. The van der Waals surface area contributed by atoms with Crippen molar-refractivity contribution in [3.8, 4) is 0 Å². The van der Waals surface area contributed by atoms with E-state index in [0.29, 0.717) is 18.5 Å². The van der Waals surface area contributed by atoms with Gasteiger partial charge in [0.1, 0.15) is 0 Å². The van der Waals surface area contributed by atoms with Gasteiger partial charge in [0.05, 0.1) is 0 Å². The summed E-state index contributed by atoms with van der Waals surface area (Å²) in [6.45, 7) is 4.62. The lowest BCUT2D eigenvalue weighted by molar-refractivity contribution is 0.0972. The molecule has 2 bridgehead atoms. The summed E-state index contributed by atoms with van der Waals surface area (Å²) in [5.41, 5.74) is 2.27. The van der Waals surface area contributed by atoms with Gasteiger partial charge in [0.2, 0.25) is 0 Å². The van der Waals surface area contributed by atoms with Crippen molar-refractivity contribution in [3.63, 3.8) is 0 Å². The molecule has 2 saturated heterocycles. The summed E-state index contributed by atoms with van der Waals surface area (Å²) in [5.74, 6) is 0.280. The van der Waals surface area contributed by atoms with E-state index in [0.717, 1.165) is 31.5 Å². The zero-order valence-corrected chi connectivity index (χ0v) is 18.4. The Morgan fingerprint density at radius 2 is 1.43 bits per heavy atom. The predicted molar refractivity (Wildman–Crippen MR) is 126 cm³/mol. The van der Waals surface area contributed by atoms with Crippen molar-refractivity contribution in [2.24, 2.45) is 0 Å². The summed E-state index contributed by atoms with van der Waals surface area (Å²) < 4.78 is 0. The molecular formula is C23H32N2OS2. The number of rotatable bonds is 8. The maximum atomic E-state index is 12.2. The van der Waals surface area contributed by atoms with E-state index in [1.807, 2.05) is 30.3 Å². The molecule has 2 aromatic carbocycles. The number of unbranched alkanes of at least 4 members (excludes halogenated alkanes) is 1. The molecule has 0 aliphatic carbocycles. The van der Waals surface area contributed by atoms with Gasteiger partial charge >= 0.3 is 0 Å². The Balaban J connectivity index is 0.00000140. The Bertz CT molecular complexity index is 726. The lowest BCUT2D eigenvalue weighted by Gasteiger charge is -2.34. The third-order valence-corrected chi connectivity index (χ3v) is 5.89. The lowest BCUT2D eigenvalue weighted by Crippen LogP contribution is -2.46. The van der Waals surface area contributed by atoms with Crippen LogP contribution in [0, 0.1) is 0 Å². The topological polar surface area (TPSA) is 23.6 Å². The number of Topliss-reactive ketones (excluding diaryl/α,β-unsaturated/α-hetero) is 1. The van der Waals surface area contributed by atoms with Crippen LogP contribution in [0.3, 0.4) is 0 Å². The number of carbonyl (C=O) groups is 1. The molecule has 2 atom stereocenters. The minimum Gasteiger partial charge on any atom is -0.297 e. The SMILES string of the molecule is O=C(CCCCN1CC2CC1CN2Cc1ccccc1)c1ccccc1.S.S. The second kappa shape index (κ2) is 11.1. The number of fused-ring (bicyclic) bond motifs is 2. The van der Waals surface area contributed by atoms with Gasteiger partial charge in [-0.15, -0.1) is 0 Å². The summed E-state index contributed by atoms with van der Waals surface area (Å²) in [6, 6.07) is 21.9. The fraction of sp³-hybridized carbons (Fsp3) is 0.435. The van der Waals surface area contributed by atoms with E-state index in [2.05, 4.69) is 40.1 Å². The van der Waals surface area contributed by atoms with Crippen LogP contribution in [0.4, 0.5) is 0 Å². The van der Waals surface area contributed by atoms with Gasteiger partial charge in [-0.25, -0.2) is 0 Å². The van der Waals surface area contributed by atoms with E-state index in [1.54, 1.807) is 0 Å². The molecule has 0 amide bonds.